The van der Waals surface area contributed by atoms with Crippen molar-refractivity contribution in [3.63, 3.8) is 0 Å². The van der Waals surface area contributed by atoms with E-state index >= 15 is 0 Å². The largest absolute Gasteiger partial charge is 0.493 e. The van der Waals surface area contributed by atoms with E-state index in [4.69, 9.17) is 37.4 Å². The van der Waals surface area contributed by atoms with Gasteiger partial charge >= 0.3 is 5.97 Å². The van der Waals surface area contributed by atoms with Crippen LogP contribution in [0.5, 0.6) is 11.5 Å². The summed E-state index contributed by atoms with van der Waals surface area (Å²) < 4.78 is 44.2. The molecule has 37 heavy (non-hydrogen) atoms. The number of sulfonamides is 1. The maximum atomic E-state index is 13.6. The van der Waals surface area contributed by atoms with Crippen molar-refractivity contribution < 1.29 is 32.2 Å². The van der Waals surface area contributed by atoms with Gasteiger partial charge < -0.3 is 19.5 Å². The van der Waals surface area contributed by atoms with Crippen molar-refractivity contribution in [2.24, 2.45) is 0 Å². The number of rotatable bonds is 10. The average molecular weight is 590 g/mol. The number of hydrogen-bond acceptors (Lipinski definition) is 8. The Morgan fingerprint density at radius 2 is 1.81 bits per heavy atom. The molecule has 200 valence electrons. The van der Waals surface area contributed by atoms with Crippen LogP contribution in [0.15, 0.2) is 46.8 Å². The molecule has 1 heterocycles. The summed E-state index contributed by atoms with van der Waals surface area (Å²) in [5.41, 5.74) is 0.754. The molecule has 9 nitrogen and oxygen atoms in total. The number of halogens is 2. The predicted molar refractivity (Wildman–Crippen MR) is 147 cm³/mol. The maximum absolute atomic E-state index is 13.6. The van der Waals surface area contributed by atoms with Gasteiger partial charge in [-0.25, -0.2) is 13.2 Å². The second-order valence-corrected chi connectivity index (χ2v) is 12.0. The quantitative estimate of drug-likeness (QED) is 0.390. The second kappa shape index (κ2) is 12.3. The van der Waals surface area contributed by atoms with E-state index in [-0.39, 0.29) is 27.2 Å². The molecule has 0 spiro atoms. The Balaban J connectivity index is 1.83. The molecule has 0 aliphatic carbocycles. The normalized spacial score (nSPS) is 17.1. The fourth-order valence-corrected chi connectivity index (χ4v) is 7.32. The molecule has 0 aromatic heterocycles. The number of methoxy groups -OCH3 is 1. The van der Waals surface area contributed by atoms with Gasteiger partial charge in [0.15, 0.2) is 11.5 Å². The molecule has 2 unspecified atom stereocenters. The number of esters is 1. The van der Waals surface area contributed by atoms with Crippen molar-refractivity contribution in [3.05, 3.63) is 57.4 Å². The number of thioether (sulfide) groups is 1. The van der Waals surface area contributed by atoms with Crippen LogP contribution in [0, 0.1) is 0 Å². The van der Waals surface area contributed by atoms with Crippen LogP contribution in [-0.2, 0) is 19.6 Å². The zero-order valence-corrected chi connectivity index (χ0v) is 23.6. The van der Waals surface area contributed by atoms with Crippen molar-refractivity contribution >= 4 is 68.2 Å². The average Bonchev–Trinajstić information content (AvgIpc) is 3.27. The summed E-state index contributed by atoms with van der Waals surface area (Å²) in [5.74, 6) is -0.340. The van der Waals surface area contributed by atoms with Gasteiger partial charge in [0.1, 0.15) is 10.5 Å². The number of hydrogen-bond donors (Lipinski definition) is 1. The van der Waals surface area contributed by atoms with Gasteiger partial charge in [-0.15, -0.1) is 0 Å². The molecule has 1 amide bonds. The van der Waals surface area contributed by atoms with Crippen LogP contribution in [0.4, 0.5) is 11.4 Å². The maximum Gasteiger partial charge on any atom is 0.339 e. The SMILES string of the molecule is CCOC(=O)c1ccc(NC(=O)C2SC(Cl)=CC2S(=O)(=O)N(C)c2ccc(OCC)c(OC)c2)cc1Cl. The summed E-state index contributed by atoms with van der Waals surface area (Å²) in [6.45, 7) is 4.10. The summed E-state index contributed by atoms with van der Waals surface area (Å²) in [5, 5.41) is 0.415. The lowest BCUT2D eigenvalue weighted by molar-refractivity contribution is -0.115. The molecule has 0 bridgehead atoms. The number of anilines is 2. The molecule has 0 saturated carbocycles. The first kappa shape index (κ1) is 29.0. The molecule has 0 saturated heterocycles. The number of nitrogens with one attached hydrogen (secondary N) is 1. The third-order valence-electron chi connectivity index (χ3n) is 5.36. The lowest BCUT2D eigenvalue weighted by atomic mass is 10.2. The van der Waals surface area contributed by atoms with E-state index in [0.717, 1.165) is 16.1 Å². The Hall–Kier alpha value is -2.60. The highest BCUT2D eigenvalue weighted by Crippen LogP contribution is 2.41. The Labute approximate surface area is 230 Å². The minimum atomic E-state index is -4.09. The number of amides is 1. The standard InChI is InChI=1S/C24H26Cl2N2O7S2/c1-5-34-18-10-8-15(12-19(18)33-4)28(3)37(31,32)20-13-21(26)36-22(20)23(29)27-14-7-9-16(17(25)11-14)24(30)35-6-2/h7-13,20,22H,5-6H2,1-4H3,(H,27,29). The van der Waals surface area contributed by atoms with Crippen LogP contribution < -0.4 is 19.1 Å². The van der Waals surface area contributed by atoms with Crippen molar-refractivity contribution in [2.45, 2.75) is 24.3 Å². The number of nitrogens with zero attached hydrogens (tertiary/aromatic N) is 1. The van der Waals surface area contributed by atoms with E-state index in [1.54, 1.807) is 19.1 Å². The molecular formula is C24H26Cl2N2O7S2. The van der Waals surface area contributed by atoms with Gasteiger partial charge in [0.05, 0.1) is 41.0 Å². The molecule has 1 aliphatic rings. The third-order valence-corrected chi connectivity index (χ3v) is 9.43. The zero-order chi connectivity index (χ0) is 27.3. The highest BCUT2D eigenvalue weighted by atomic mass is 35.5. The molecular weight excluding hydrogens is 563 g/mol. The molecule has 0 radical (unpaired) electrons. The van der Waals surface area contributed by atoms with E-state index in [0.29, 0.717) is 23.8 Å². The van der Waals surface area contributed by atoms with Crippen molar-refractivity contribution in [2.75, 3.05) is 37.0 Å². The molecule has 1 N–H and O–H groups in total. The van der Waals surface area contributed by atoms with Crippen LogP contribution in [-0.4, -0.2) is 58.2 Å². The lowest BCUT2D eigenvalue weighted by Gasteiger charge is -2.26. The molecule has 2 aromatic carbocycles. The monoisotopic (exact) mass is 588 g/mol. The van der Waals surface area contributed by atoms with Gasteiger partial charge in [0, 0.05) is 18.8 Å². The second-order valence-electron chi connectivity index (χ2n) is 7.66. The summed E-state index contributed by atoms with van der Waals surface area (Å²) in [6, 6.07) is 9.03. The topological polar surface area (TPSA) is 111 Å². The van der Waals surface area contributed by atoms with Gasteiger partial charge in [-0.2, -0.15) is 0 Å². The van der Waals surface area contributed by atoms with E-state index in [9.17, 15) is 18.0 Å². The Morgan fingerprint density at radius 1 is 1.08 bits per heavy atom. The van der Waals surface area contributed by atoms with Gasteiger partial charge in [0.25, 0.3) is 0 Å². The van der Waals surface area contributed by atoms with Crippen molar-refractivity contribution in [3.8, 4) is 11.5 Å². The molecule has 3 rings (SSSR count). The first-order chi connectivity index (χ1) is 17.5. The summed E-state index contributed by atoms with van der Waals surface area (Å²) >= 11 is 13.3. The lowest BCUT2D eigenvalue weighted by Crippen LogP contribution is -2.43. The van der Waals surface area contributed by atoms with Crippen molar-refractivity contribution in [1.29, 1.82) is 0 Å². The Kier molecular flexibility index (Phi) is 9.63. The number of carbonyl (C=O) groups is 2. The number of carbonyl (C=O) groups excluding carboxylic acids is 2. The zero-order valence-electron chi connectivity index (χ0n) is 20.5. The van der Waals surface area contributed by atoms with E-state index in [2.05, 4.69) is 5.32 Å². The van der Waals surface area contributed by atoms with Crippen LogP contribution in [0.25, 0.3) is 0 Å². The van der Waals surface area contributed by atoms with E-state index in [1.165, 1.54) is 44.5 Å². The van der Waals surface area contributed by atoms with Gasteiger partial charge in [-0.3, -0.25) is 9.10 Å². The fourth-order valence-electron chi connectivity index (χ4n) is 3.53. The highest BCUT2D eigenvalue weighted by Gasteiger charge is 2.44. The Morgan fingerprint density at radius 3 is 2.43 bits per heavy atom. The van der Waals surface area contributed by atoms with Crippen molar-refractivity contribution in [1.82, 2.24) is 0 Å². The first-order valence-electron chi connectivity index (χ1n) is 11.1. The summed E-state index contributed by atoms with van der Waals surface area (Å²) in [7, 11) is -1.24. The highest BCUT2D eigenvalue weighted by molar-refractivity contribution is 8.07. The van der Waals surface area contributed by atoms with Crippen LogP contribution >= 0.6 is 35.0 Å². The Bertz CT molecular complexity index is 1320. The molecule has 2 atom stereocenters. The van der Waals surface area contributed by atoms with Crippen LogP contribution in [0.3, 0.4) is 0 Å². The fraction of sp³-hybridized carbons (Fsp3) is 0.333. The minimum absolute atomic E-state index is 0.0832. The van der Waals surface area contributed by atoms with Gasteiger partial charge in [-0.1, -0.05) is 35.0 Å². The summed E-state index contributed by atoms with van der Waals surface area (Å²) in [4.78, 5) is 25.1. The first-order valence-corrected chi connectivity index (χ1v) is 14.3. The van der Waals surface area contributed by atoms with E-state index in [1.807, 2.05) is 6.92 Å². The van der Waals surface area contributed by atoms with Gasteiger partial charge in [-0.05, 0) is 50.3 Å². The number of benzene rings is 2. The molecule has 2 aromatic rings. The van der Waals surface area contributed by atoms with E-state index < -0.39 is 32.4 Å². The number of ether oxygens (including phenoxy) is 3. The van der Waals surface area contributed by atoms with Crippen LogP contribution in [0.1, 0.15) is 24.2 Å². The molecule has 0 fully saturated rings. The third kappa shape index (κ3) is 6.46. The molecule has 1 aliphatic heterocycles. The minimum Gasteiger partial charge on any atom is -0.493 e. The molecule has 13 heteroatoms. The summed E-state index contributed by atoms with van der Waals surface area (Å²) in [6.07, 6.45) is 1.34. The smallest absolute Gasteiger partial charge is 0.339 e. The predicted octanol–water partition coefficient (Wildman–Crippen LogP) is 4.89. The van der Waals surface area contributed by atoms with Crippen LogP contribution in [0.2, 0.25) is 5.02 Å². The van der Waals surface area contributed by atoms with Gasteiger partial charge in [0.2, 0.25) is 15.9 Å².